The molecule has 0 amide bonds. The van der Waals surface area contributed by atoms with Crippen LogP contribution in [0.1, 0.15) is 6.92 Å². The quantitative estimate of drug-likeness (QED) is 0.703. The van der Waals surface area contributed by atoms with Crippen molar-refractivity contribution in [3.63, 3.8) is 0 Å². The number of nitrogens with two attached hydrogens (primary N) is 1. The van der Waals surface area contributed by atoms with Crippen molar-refractivity contribution < 1.29 is 0 Å². The number of nitrogen functional groups attached to an aromatic ring is 1. The zero-order valence-corrected chi connectivity index (χ0v) is 7.99. The number of anilines is 2. The van der Waals surface area contributed by atoms with Gasteiger partial charge in [0, 0.05) is 13.6 Å². The fraction of sp³-hybridized carbons (Fsp3) is 0.333. The highest BCUT2D eigenvalue weighted by atomic mass is 15.2. The summed E-state index contributed by atoms with van der Waals surface area (Å²) < 4.78 is 0. The van der Waals surface area contributed by atoms with Crippen molar-refractivity contribution in [2.75, 3.05) is 24.2 Å². The molecule has 1 heterocycles. The summed E-state index contributed by atoms with van der Waals surface area (Å²) in [4.78, 5) is 10.0. The van der Waals surface area contributed by atoms with Crippen LogP contribution in [0, 0.1) is 0 Å². The van der Waals surface area contributed by atoms with Crippen molar-refractivity contribution in [3.8, 4) is 0 Å². The third kappa shape index (κ3) is 2.74. The Kier molecular flexibility index (Phi) is 2.84. The first kappa shape index (κ1) is 9.51. The van der Waals surface area contributed by atoms with Gasteiger partial charge in [-0.3, -0.25) is 0 Å². The number of hydrogen-bond acceptors (Lipinski definition) is 4. The number of rotatable bonds is 3. The first-order valence-corrected chi connectivity index (χ1v) is 4.02. The van der Waals surface area contributed by atoms with Gasteiger partial charge in [-0.25, -0.2) is 9.97 Å². The van der Waals surface area contributed by atoms with Gasteiger partial charge in [-0.15, -0.1) is 0 Å². The summed E-state index contributed by atoms with van der Waals surface area (Å²) in [5, 5.41) is 0. The lowest BCUT2D eigenvalue weighted by molar-refractivity contribution is 0.944. The zero-order chi connectivity index (χ0) is 9.84. The molecule has 13 heavy (non-hydrogen) atoms. The topological polar surface area (TPSA) is 55.0 Å². The van der Waals surface area contributed by atoms with Crippen LogP contribution in [0.4, 0.5) is 11.6 Å². The Hall–Kier alpha value is -1.58. The molecule has 0 atom stereocenters. The minimum absolute atomic E-state index is 0.437. The van der Waals surface area contributed by atoms with Gasteiger partial charge < -0.3 is 10.6 Å². The van der Waals surface area contributed by atoms with Crippen molar-refractivity contribution in [2.45, 2.75) is 6.92 Å². The minimum atomic E-state index is 0.437. The number of likely N-dealkylation sites (N-methyl/N-ethyl adjacent to an activating group) is 1. The molecule has 70 valence electrons. The Labute approximate surface area is 78.1 Å². The van der Waals surface area contributed by atoms with Crippen LogP contribution in [0.15, 0.2) is 24.5 Å². The maximum Gasteiger partial charge on any atom is 0.147 e. The largest absolute Gasteiger partial charge is 0.382 e. The first-order valence-electron chi connectivity index (χ1n) is 4.02. The van der Waals surface area contributed by atoms with Crippen molar-refractivity contribution in [3.05, 3.63) is 24.5 Å². The van der Waals surface area contributed by atoms with Crippen LogP contribution in [0.25, 0.3) is 0 Å². The molecule has 0 spiro atoms. The number of nitrogens with zero attached hydrogens (tertiary/aromatic N) is 3. The highest BCUT2D eigenvalue weighted by Crippen LogP contribution is 2.08. The fourth-order valence-electron chi connectivity index (χ4n) is 1.01. The molecule has 0 saturated heterocycles. The molecular weight excluding hydrogens is 164 g/mol. The highest BCUT2D eigenvalue weighted by Gasteiger charge is 2.01. The molecule has 0 aliphatic heterocycles. The average molecular weight is 178 g/mol. The van der Waals surface area contributed by atoms with E-state index < -0.39 is 0 Å². The van der Waals surface area contributed by atoms with Crippen molar-refractivity contribution in [1.29, 1.82) is 0 Å². The number of hydrogen-bond donors (Lipinski definition) is 1. The summed E-state index contributed by atoms with van der Waals surface area (Å²) in [6.07, 6.45) is 3.20. The summed E-state index contributed by atoms with van der Waals surface area (Å²) in [7, 11) is 1.94. The van der Waals surface area contributed by atoms with Crippen molar-refractivity contribution in [1.82, 2.24) is 9.97 Å². The van der Waals surface area contributed by atoms with E-state index in [4.69, 9.17) is 5.73 Å². The van der Waals surface area contributed by atoms with Crippen LogP contribution >= 0.6 is 0 Å². The highest BCUT2D eigenvalue weighted by molar-refractivity contribution is 5.39. The first-order chi connectivity index (χ1) is 6.09. The molecule has 0 aliphatic rings. The van der Waals surface area contributed by atoms with Crippen LogP contribution in [-0.4, -0.2) is 23.6 Å². The van der Waals surface area contributed by atoms with E-state index in [1.165, 1.54) is 0 Å². The van der Waals surface area contributed by atoms with Crippen LogP contribution in [-0.2, 0) is 0 Å². The van der Waals surface area contributed by atoms with Gasteiger partial charge in [0.2, 0.25) is 0 Å². The third-order valence-corrected chi connectivity index (χ3v) is 1.56. The third-order valence-electron chi connectivity index (χ3n) is 1.56. The van der Waals surface area contributed by atoms with E-state index in [-0.39, 0.29) is 0 Å². The molecule has 0 radical (unpaired) electrons. The lowest BCUT2D eigenvalue weighted by Gasteiger charge is -2.17. The second-order valence-electron chi connectivity index (χ2n) is 3.11. The standard InChI is InChI=1S/C9H14N4/c1-7(2)6-13(3)9-5-11-8(10)4-12-9/h4-5H,1,6H2,2-3H3,(H2,10,11). The van der Waals surface area contributed by atoms with Crippen LogP contribution < -0.4 is 10.6 Å². The molecule has 0 unspecified atom stereocenters. The van der Waals surface area contributed by atoms with Crippen molar-refractivity contribution >= 4 is 11.6 Å². The minimum Gasteiger partial charge on any atom is -0.382 e. The van der Waals surface area contributed by atoms with Crippen LogP contribution in [0.2, 0.25) is 0 Å². The Morgan fingerprint density at radius 2 is 2.23 bits per heavy atom. The SMILES string of the molecule is C=C(C)CN(C)c1cnc(N)cn1. The van der Waals surface area contributed by atoms with Gasteiger partial charge in [-0.1, -0.05) is 12.2 Å². The molecule has 1 aromatic heterocycles. The van der Waals surface area contributed by atoms with Gasteiger partial charge in [0.05, 0.1) is 12.4 Å². The second-order valence-corrected chi connectivity index (χ2v) is 3.11. The molecule has 1 rings (SSSR count). The van der Waals surface area contributed by atoms with Crippen molar-refractivity contribution in [2.24, 2.45) is 0 Å². The summed E-state index contributed by atoms with van der Waals surface area (Å²) in [5.74, 6) is 1.24. The molecule has 4 heteroatoms. The predicted molar refractivity (Wildman–Crippen MR) is 54.5 cm³/mol. The predicted octanol–water partition coefficient (Wildman–Crippen LogP) is 1.07. The summed E-state index contributed by atoms with van der Waals surface area (Å²) in [6.45, 7) is 6.57. The molecule has 0 aliphatic carbocycles. The fourth-order valence-corrected chi connectivity index (χ4v) is 1.01. The Balaban J connectivity index is 2.71. The average Bonchev–Trinajstić information content (AvgIpc) is 2.04. The van der Waals surface area contributed by atoms with Gasteiger partial charge in [-0.2, -0.15) is 0 Å². The maximum absolute atomic E-state index is 5.42. The van der Waals surface area contributed by atoms with E-state index in [9.17, 15) is 0 Å². The molecule has 2 N–H and O–H groups in total. The van der Waals surface area contributed by atoms with E-state index in [1.54, 1.807) is 12.4 Å². The molecule has 0 saturated carbocycles. The molecule has 0 aromatic carbocycles. The van der Waals surface area contributed by atoms with Crippen LogP contribution in [0.3, 0.4) is 0 Å². The summed E-state index contributed by atoms with van der Waals surface area (Å²) >= 11 is 0. The van der Waals surface area contributed by atoms with E-state index >= 15 is 0 Å². The smallest absolute Gasteiger partial charge is 0.147 e. The van der Waals surface area contributed by atoms with Crippen LogP contribution in [0.5, 0.6) is 0 Å². The summed E-state index contributed by atoms with van der Waals surface area (Å²) in [5.41, 5.74) is 6.50. The lowest BCUT2D eigenvalue weighted by atomic mass is 10.3. The van der Waals surface area contributed by atoms with Gasteiger partial charge >= 0.3 is 0 Å². The molecule has 1 aromatic rings. The van der Waals surface area contributed by atoms with E-state index in [1.807, 2.05) is 18.9 Å². The summed E-state index contributed by atoms with van der Waals surface area (Å²) in [6, 6.07) is 0. The Morgan fingerprint density at radius 1 is 1.54 bits per heavy atom. The number of aromatic nitrogens is 2. The van der Waals surface area contributed by atoms with E-state index in [0.717, 1.165) is 17.9 Å². The Bertz CT molecular complexity index is 291. The zero-order valence-electron chi connectivity index (χ0n) is 7.99. The second kappa shape index (κ2) is 3.89. The van der Waals surface area contributed by atoms with Gasteiger partial charge in [0.15, 0.2) is 0 Å². The molecule has 0 fully saturated rings. The molecule has 0 bridgehead atoms. The van der Waals surface area contributed by atoms with Gasteiger partial charge in [0.1, 0.15) is 11.6 Å². The molecule has 4 nitrogen and oxygen atoms in total. The molecular formula is C9H14N4. The Morgan fingerprint density at radius 3 is 2.69 bits per heavy atom. The van der Waals surface area contributed by atoms with Gasteiger partial charge in [-0.05, 0) is 6.92 Å². The monoisotopic (exact) mass is 178 g/mol. The normalized spacial score (nSPS) is 9.69. The maximum atomic E-state index is 5.42. The lowest BCUT2D eigenvalue weighted by Crippen LogP contribution is -2.20. The van der Waals surface area contributed by atoms with E-state index in [2.05, 4.69) is 16.5 Å². The van der Waals surface area contributed by atoms with E-state index in [0.29, 0.717) is 5.82 Å². The van der Waals surface area contributed by atoms with Gasteiger partial charge in [0.25, 0.3) is 0 Å².